The second kappa shape index (κ2) is 13.7. The van der Waals surface area contributed by atoms with E-state index >= 15 is 0 Å². The van der Waals surface area contributed by atoms with Crippen LogP contribution in [0.1, 0.15) is 45.1 Å². The van der Waals surface area contributed by atoms with Gasteiger partial charge in [0.15, 0.2) is 0 Å². The largest absolute Gasteiger partial charge is 0.354 e. The second-order valence-electron chi connectivity index (χ2n) is 7.24. The number of benzene rings is 2. The van der Waals surface area contributed by atoms with Crippen LogP contribution in [-0.4, -0.2) is 35.1 Å². The number of thioether (sulfide) groups is 1. The first-order valence-electron chi connectivity index (χ1n) is 10.6. The third kappa shape index (κ3) is 8.40. The van der Waals surface area contributed by atoms with Gasteiger partial charge in [-0.2, -0.15) is 0 Å². The van der Waals surface area contributed by atoms with Crippen molar-refractivity contribution in [3.63, 3.8) is 0 Å². The fourth-order valence-corrected chi connectivity index (χ4v) is 4.51. The summed E-state index contributed by atoms with van der Waals surface area (Å²) in [6, 6.07) is 14.7. The molecule has 0 saturated carbocycles. The van der Waals surface area contributed by atoms with Gasteiger partial charge in [0.1, 0.15) is 6.04 Å². The van der Waals surface area contributed by atoms with Crippen LogP contribution in [0.2, 0.25) is 10.0 Å². The topological polar surface area (TPSA) is 49.4 Å². The number of hydrogen-bond donors (Lipinski definition) is 1. The van der Waals surface area contributed by atoms with E-state index < -0.39 is 6.04 Å². The Bertz CT molecular complexity index is 849. The van der Waals surface area contributed by atoms with E-state index in [4.69, 9.17) is 23.2 Å². The van der Waals surface area contributed by atoms with Crippen LogP contribution < -0.4 is 5.32 Å². The van der Waals surface area contributed by atoms with Crippen molar-refractivity contribution in [1.82, 2.24) is 10.2 Å². The summed E-state index contributed by atoms with van der Waals surface area (Å²) in [4.78, 5) is 28.8. The van der Waals surface area contributed by atoms with Gasteiger partial charge >= 0.3 is 0 Å². The van der Waals surface area contributed by atoms with E-state index in [9.17, 15) is 9.59 Å². The van der Waals surface area contributed by atoms with Gasteiger partial charge in [0.05, 0.1) is 0 Å². The van der Waals surface area contributed by atoms with Crippen molar-refractivity contribution in [3.8, 4) is 0 Å². The summed E-state index contributed by atoms with van der Waals surface area (Å²) in [5.74, 6) is 0.457. The highest BCUT2D eigenvalue weighted by Gasteiger charge is 2.28. The van der Waals surface area contributed by atoms with Crippen LogP contribution in [0.5, 0.6) is 0 Å². The zero-order valence-electron chi connectivity index (χ0n) is 18.1. The van der Waals surface area contributed by atoms with Crippen molar-refractivity contribution in [2.24, 2.45) is 0 Å². The molecule has 2 amide bonds. The molecule has 0 heterocycles. The number of carbonyl (C=O) groups excluding carboxylic acids is 2. The standard InChI is InChI=1S/C24H30Cl2N2O2S/c1-3-5-14-27-24(30)22(4-2)28(17-18-11-12-19(25)16-21(18)26)23(29)13-15-31-20-9-7-6-8-10-20/h6-12,16,22H,3-5,13-15,17H2,1-2H3,(H,27,30)/t22-/m1/s1. The fraction of sp³-hybridized carbons (Fsp3) is 0.417. The monoisotopic (exact) mass is 480 g/mol. The normalized spacial score (nSPS) is 11.7. The van der Waals surface area contributed by atoms with E-state index in [2.05, 4.69) is 12.2 Å². The summed E-state index contributed by atoms with van der Waals surface area (Å²) in [5.41, 5.74) is 0.773. The Balaban J connectivity index is 2.14. The number of nitrogens with zero attached hydrogens (tertiary/aromatic N) is 1. The molecule has 2 aromatic carbocycles. The molecule has 168 valence electrons. The van der Waals surface area contributed by atoms with E-state index in [1.54, 1.807) is 28.8 Å². The molecular formula is C24H30Cl2N2O2S. The van der Waals surface area contributed by atoms with Crippen molar-refractivity contribution in [1.29, 1.82) is 0 Å². The van der Waals surface area contributed by atoms with E-state index in [1.807, 2.05) is 43.3 Å². The van der Waals surface area contributed by atoms with Crippen LogP contribution in [0.4, 0.5) is 0 Å². The molecule has 0 spiro atoms. The number of halogens is 2. The summed E-state index contributed by atoms with van der Waals surface area (Å²) in [6.45, 7) is 4.88. The number of carbonyl (C=O) groups is 2. The van der Waals surface area contributed by atoms with Gasteiger partial charge < -0.3 is 10.2 Å². The Hall–Kier alpha value is -1.69. The molecule has 0 aliphatic carbocycles. The molecule has 4 nitrogen and oxygen atoms in total. The van der Waals surface area contributed by atoms with Crippen molar-refractivity contribution in [3.05, 3.63) is 64.1 Å². The smallest absolute Gasteiger partial charge is 0.242 e. The van der Waals surface area contributed by atoms with E-state index in [0.29, 0.717) is 35.2 Å². The maximum Gasteiger partial charge on any atom is 0.242 e. The van der Waals surface area contributed by atoms with Gasteiger partial charge in [0.2, 0.25) is 11.8 Å². The molecule has 2 rings (SSSR count). The number of hydrogen-bond acceptors (Lipinski definition) is 3. The zero-order valence-corrected chi connectivity index (χ0v) is 20.4. The molecule has 7 heteroatoms. The number of rotatable bonds is 12. The Morgan fingerprint density at radius 2 is 1.84 bits per heavy atom. The van der Waals surface area contributed by atoms with Gasteiger partial charge in [0.25, 0.3) is 0 Å². The van der Waals surface area contributed by atoms with Crippen molar-refractivity contribution < 1.29 is 9.59 Å². The van der Waals surface area contributed by atoms with Crippen LogP contribution >= 0.6 is 35.0 Å². The van der Waals surface area contributed by atoms with Crippen molar-refractivity contribution >= 4 is 46.8 Å². The van der Waals surface area contributed by atoms with E-state index in [1.165, 1.54) is 0 Å². The van der Waals surface area contributed by atoms with Gasteiger partial charge in [-0.3, -0.25) is 9.59 Å². The second-order valence-corrected chi connectivity index (χ2v) is 9.25. The Morgan fingerprint density at radius 3 is 2.48 bits per heavy atom. The third-order valence-electron chi connectivity index (χ3n) is 4.90. The van der Waals surface area contributed by atoms with Crippen LogP contribution in [-0.2, 0) is 16.1 Å². The predicted octanol–water partition coefficient (Wildman–Crippen LogP) is 6.20. The zero-order chi connectivity index (χ0) is 22.6. The van der Waals surface area contributed by atoms with Crippen LogP contribution in [0.15, 0.2) is 53.4 Å². The SMILES string of the molecule is CCCCNC(=O)[C@@H](CC)N(Cc1ccc(Cl)cc1Cl)C(=O)CCSc1ccccc1. The molecule has 0 saturated heterocycles. The van der Waals surface area contributed by atoms with Gasteiger partial charge in [-0.1, -0.05) is 67.7 Å². The Labute approximate surface area is 199 Å². The molecule has 0 fully saturated rings. The maximum absolute atomic E-state index is 13.2. The first-order chi connectivity index (χ1) is 15.0. The van der Waals surface area contributed by atoms with Crippen LogP contribution in [0.25, 0.3) is 0 Å². The molecule has 0 aliphatic heterocycles. The molecule has 0 unspecified atom stereocenters. The summed E-state index contributed by atoms with van der Waals surface area (Å²) >= 11 is 14.0. The molecule has 0 radical (unpaired) electrons. The molecular weight excluding hydrogens is 451 g/mol. The predicted molar refractivity (Wildman–Crippen MR) is 131 cm³/mol. The van der Waals surface area contributed by atoms with Gasteiger partial charge in [-0.25, -0.2) is 0 Å². The van der Waals surface area contributed by atoms with Gasteiger partial charge in [0, 0.05) is 40.2 Å². The first-order valence-corrected chi connectivity index (χ1v) is 12.4. The lowest BCUT2D eigenvalue weighted by atomic mass is 10.1. The number of nitrogens with one attached hydrogen (secondary N) is 1. The minimum absolute atomic E-state index is 0.0630. The molecule has 2 aromatic rings. The highest BCUT2D eigenvalue weighted by molar-refractivity contribution is 7.99. The quantitative estimate of drug-likeness (QED) is 0.290. The molecule has 31 heavy (non-hydrogen) atoms. The van der Waals surface area contributed by atoms with Gasteiger partial charge in [-0.15, -0.1) is 11.8 Å². The van der Waals surface area contributed by atoms with Gasteiger partial charge in [-0.05, 0) is 42.7 Å². The highest BCUT2D eigenvalue weighted by atomic mass is 35.5. The lowest BCUT2D eigenvalue weighted by molar-refractivity contribution is -0.141. The summed E-state index contributed by atoms with van der Waals surface area (Å²) in [6.07, 6.45) is 2.77. The maximum atomic E-state index is 13.2. The average molecular weight is 481 g/mol. The van der Waals surface area contributed by atoms with Crippen LogP contribution in [0.3, 0.4) is 0 Å². The van der Waals surface area contributed by atoms with Crippen molar-refractivity contribution in [2.45, 2.75) is 57.0 Å². The van der Waals surface area contributed by atoms with Crippen LogP contribution in [0, 0.1) is 0 Å². The number of unbranched alkanes of at least 4 members (excludes halogenated alkanes) is 1. The first kappa shape index (κ1) is 25.6. The minimum Gasteiger partial charge on any atom is -0.354 e. The number of amides is 2. The molecule has 0 aromatic heterocycles. The minimum atomic E-state index is -0.544. The Morgan fingerprint density at radius 1 is 1.10 bits per heavy atom. The summed E-state index contributed by atoms with van der Waals surface area (Å²) in [7, 11) is 0. The Kier molecular flexibility index (Phi) is 11.3. The fourth-order valence-electron chi connectivity index (χ4n) is 3.18. The van der Waals surface area contributed by atoms with Crippen molar-refractivity contribution in [2.75, 3.05) is 12.3 Å². The molecule has 1 N–H and O–H groups in total. The molecule has 1 atom stereocenters. The average Bonchev–Trinajstić information content (AvgIpc) is 2.76. The van der Waals surface area contributed by atoms with E-state index in [0.717, 1.165) is 23.3 Å². The summed E-state index contributed by atoms with van der Waals surface area (Å²) in [5, 5.41) is 4.00. The lowest BCUT2D eigenvalue weighted by Gasteiger charge is -2.31. The lowest BCUT2D eigenvalue weighted by Crippen LogP contribution is -2.49. The van der Waals surface area contributed by atoms with E-state index in [-0.39, 0.29) is 18.4 Å². The third-order valence-corrected chi connectivity index (χ3v) is 6.50. The summed E-state index contributed by atoms with van der Waals surface area (Å²) < 4.78 is 0. The molecule has 0 aliphatic rings. The highest BCUT2D eigenvalue weighted by Crippen LogP contribution is 2.25. The molecule has 0 bridgehead atoms.